The fourth-order valence-electron chi connectivity index (χ4n) is 1.47. The van der Waals surface area contributed by atoms with Crippen LogP contribution in [0.2, 0.25) is 0 Å². The van der Waals surface area contributed by atoms with Crippen LogP contribution in [-0.4, -0.2) is 24.7 Å². The van der Waals surface area contributed by atoms with Gasteiger partial charge in [-0.2, -0.15) is 0 Å². The van der Waals surface area contributed by atoms with Gasteiger partial charge in [-0.3, -0.25) is 4.98 Å². The van der Waals surface area contributed by atoms with Crippen molar-refractivity contribution in [2.24, 2.45) is 0 Å². The summed E-state index contributed by atoms with van der Waals surface area (Å²) in [5.74, 6) is 0. The van der Waals surface area contributed by atoms with Gasteiger partial charge in [0.25, 0.3) is 0 Å². The Balaban J connectivity index is 2.46. The molecule has 3 heteroatoms. The molecule has 0 fully saturated rings. The minimum atomic E-state index is 0.336. The van der Waals surface area contributed by atoms with E-state index in [1.807, 2.05) is 24.5 Å². The summed E-state index contributed by atoms with van der Waals surface area (Å²) in [6.45, 7) is 4.98. The van der Waals surface area contributed by atoms with Crippen molar-refractivity contribution in [1.29, 1.82) is 0 Å². The van der Waals surface area contributed by atoms with Crippen molar-refractivity contribution in [3.8, 4) is 0 Å². The van der Waals surface area contributed by atoms with E-state index in [0.29, 0.717) is 12.1 Å². The van der Waals surface area contributed by atoms with Crippen molar-refractivity contribution >= 4 is 0 Å². The maximum absolute atomic E-state index is 5.07. The molecule has 1 heterocycles. The van der Waals surface area contributed by atoms with E-state index in [0.717, 1.165) is 6.61 Å². The van der Waals surface area contributed by atoms with Gasteiger partial charge in [-0.05, 0) is 31.5 Å². The SMILES string of the molecule is COC[C@H](C)N[C@@H](C)c1ccncc1. The molecule has 0 spiro atoms. The smallest absolute Gasteiger partial charge is 0.0613 e. The second-order valence-corrected chi connectivity index (χ2v) is 3.53. The van der Waals surface area contributed by atoms with E-state index < -0.39 is 0 Å². The Bertz CT molecular complexity index is 251. The second-order valence-electron chi connectivity index (χ2n) is 3.53. The lowest BCUT2D eigenvalue weighted by Gasteiger charge is -2.19. The van der Waals surface area contributed by atoms with Crippen LogP contribution in [0.15, 0.2) is 24.5 Å². The van der Waals surface area contributed by atoms with Gasteiger partial charge in [-0.25, -0.2) is 0 Å². The van der Waals surface area contributed by atoms with E-state index in [1.165, 1.54) is 5.56 Å². The highest BCUT2D eigenvalue weighted by Crippen LogP contribution is 2.10. The number of hydrogen-bond acceptors (Lipinski definition) is 3. The first-order chi connectivity index (χ1) is 6.74. The molecule has 0 aliphatic carbocycles. The molecular weight excluding hydrogens is 176 g/mol. The molecule has 0 bridgehead atoms. The van der Waals surface area contributed by atoms with E-state index in [1.54, 1.807) is 7.11 Å². The number of rotatable bonds is 5. The van der Waals surface area contributed by atoms with Gasteiger partial charge in [-0.1, -0.05) is 0 Å². The summed E-state index contributed by atoms with van der Waals surface area (Å²) < 4.78 is 5.07. The van der Waals surface area contributed by atoms with E-state index in [4.69, 9.17) is 4.74 Å². The molecule has 1 rings (SSSR count). The van der Waals surface area contributed by atoms with Crippen molar-refractivity contribution in [3.05, 3.63) is 30.1 Å². The summed E-state index contributed by atoms with van der Waals surface area (Å²) >= 11 is 0. The van der Waals surface area contributed by atoms with Crippen LogP contribution < -0.4 is 5.32 Å². The number of ether oxygens (including phenoxy) is 1. The van der Waals surface area contributed by atoms with Crippen LogP contribution >= 0.6 is 0 Å². The fraction of sp³-hybridized carbons (Fsp3) is 0.545. The summed E-state index contributed by atoms with van der Waals surface area (Å²) in [6, 6.07) is 4.75. The minimum Gasteiger partial charge on any atom is -0.383 e. The molecule has 2 atom stereocenters. The molecule has 0 saturated heterocycles. The number of pyridine rings is 1. The molecule has 0 radical (unpaired) electrons. The molecular formula is C11H18N2O. The molecule has 14 heavy (non-hydrogen) atoms. The van der Waals surface area contributed by atoms with Crippen molar-refractivity contribution < 1.29 is 4.74 Å². The highest BCUT2D eigenvalue weighted by Gasteiger charge is 2.08. The van der Waals surface area contributed by atoms with E-state index in [9.17, 15) is 0 Å². The average molecular weight is 194 g/mol. The van der Waals surface area contributed by atoms with Crippen LogP contribution in [-0.2, 0) is 4.74 Å². The first-order valence-corrected chi connectivity index (χ1v) is 4.89. The minimum absolute atomic E-state index is 0.336. The first kappa shape index (κ1) is 11.1. The van der Waals surface area contributed by atoms with E-state index in [-0.39, 0.29) is 0 Å². The molecule has 1 aromatic rings. The average Bonchev–Trinajstić information content (AvgIpc) is 2.19. The highest BCUT2D eigenvalue weighted by atomic mass is 16.5. The zero-order valence-electron chi connectivity index (χ0n) is 9.03. The zero-order chi connectivity index (χ0) is 10.4. The van der Waals surface area contributed by atoms with Gasteiger partial charge in [-0.15, -0.1) is 0 Å². The molecule has 0 amide bonds. The quantitative estimate of drug-likeness (QED) is 0.775. The Labute approximate surface area is 85.5 Å². The molecule has 0 aliphatic heterocycles. The van der Waals surface area contributed by atoms with Crippen LogP contribution in [0.25, 0.3) is 0 Å². The van der Waals surface area contributed by atoms with E-state index in [2.05, 4.69) is 24.1 Å². The summed E-state index contributed by atoms with van der Waals surface area (Å²) in [5, 5.41) is 3.44. The Morgan fingerprint density at radius 3 is 2.57 bits per heavy atom. The number of hydrogen-bond donors (Lipinski definition) is 1. The van der Waals surface area contributed by atoms with Gasteiger partial charge in [0.2, 0.25) is 0 Å². The van der Waals surface area contributed by atoms with Crippen molar-refractivity contribution in [2.75, 3.05) is 13.7 Å². The summed E-state index contributed by atoms with van der Waals surface area (Å²) in [7, 11) is 1.72. The summed E-state index contributed by atoms with van der Waals surface area (Å²) in [6.07, 6.45) is 3.63. The van der Waals surface area contributed by atoms with Crippen molar-refractivity contribution in [3.63, 3.8) is 0 Å². The summed E-state index contributed by atoms with van der Waals surface area (Å²) in [5.41, 5.74) is 1.25. The van der Waals surface area contributed by atoms with Crippen LogP contribution in [0, 0.1) is 0 Å². The third-order valence-corrected chi connectivity index (χ3v) is 2.16. The Hall–Kier alpha value is -0.930. The van der Waals surface area contributed by atoms with Crippen LogP contribution in [0.1, 0.15) is 25.5 Å². The van der Waals surface area contributed by atoms with Gasteiger partial charge in [0.15, 0.2) is 0 Å². The number of nitrogens with one attached hydrogen (secondary N) is 1. The maximum atomic E-state index is 5.07. The monoisotopic (exact) mass is 194 g/mol. The topological polar surface area (TPSA) is 34.1 Å². The third-order valence-electron chi connectivity index (χ3n) is 2.16. The molecule has 1 N–H and O–H groups in total. The molecule has 0 saturated carbocycles. The standard InChI is InChI=1S/C11H18N2O/c1-9(8-14-3)13-10(2)11-4-6-12-7-5-11/h4-7,9-10,13H,8H2,1-3H3/t9-,10-/m0/s1. The zero-order valence-corrected chi connectivity index (χ0v) is 9.03. The Morgan fingerprint density at radius 2 is 2.00 bits per heavy atom. The number of aromatic nitrogens is 1. The van der Waals surface area contributed by atoms with Gasteiger partial charge >= 0.3 is 0 Å². The Kier molecular flexibility index (Phi) is 4.56. The van der Waals surface area contributed by atoms with Crippen LogP contribution in [0.5, 0.6) is 0 Å². The fourth-order valence-corrected chi connectivity index (χ4v) is 1.47. The van der Waals surface area contributed by atoms with Gasteiger partial charge in [0.05, 0.1) is 6.61 Å². The number of nitrogens with zero attached hydrogens (tertiary/aromatic N) is 1. The van der Waals surface area contributed by atoms with Gasteiger partial charge in [0.1, 0.15) is 0 Å². The Morgan fingerprint density at radius 1 is 1.36 bits per heavy atom. The van der Waals surface area contributed by atoms with Crippen molar-refractivity contribution in [2.45, 2.75) is 25.9 Å². The van der Waals surface area contributed by atoms with Crippen LogP contribution in [0.3, 0.4) is 0 Å². The van der Waals surface area contributed by atoms with Crippen molar-refractivity contribution in [1.82, 2.24) is 10.3 Å². The van der Waals surface area contributed by atoms with Gasteiger partial charge < -0.3 is 10.1 Å². The highest BCUT2D eigenvalue weighted by molar-refractivity contribution is 5.14. The predicted octanol–water partition coefficient (Wildman–Crippen LogP) is 1.77. The first-order valence-electron chi connectivity index (χ1n) is 4.89. The summed E-state index contributed by atoms with van der Waals surface area (Å²) in [4.78, 5) is 3.99. The van der Waals surface area contributed by atoms with Crippen LogP contribution in [0.4, 0.5) is 0 Å². The lowest BCUT2D eigenvalue weighted by Crippen LogP contribution is -2.32. The maximum Gasteiger partial charge on any atom is 0.0613 e. The molecule has 0 aliphatic rings. The molecule has 0 unspecified atom stereocenters. The van der Waals surface area contributed by atoms with Gasteiger partial charge in [0, 0.05) is 31.6 Å². The third kappa shape index (κ3) is 3.44. The van der Waals surface area contributed by atoms with E-state index >= 15 is 0 Å². The molecule has 3 nitrogen and oxygen atoms in total. The normalized spacial score (nSPS) is 15.1. The molecule has 1 aromatic heterocycles. The predicted molar refractivity (Wildman–Crippen MR) is 57.1 cm³/mol. The largest absolute Gasteiger partial charge is 0.383 e. The molecule has 78 valence electrons. The lowest BCUT2D eigenvalue weighted by atomic mass is 10.1. The molecule has 0 aromatic carbocycles. The number of methoxy groups -OCH3 is 1. The lowest BCUT2D eigenvalue weighted by molar-refractivity contribution is 0.167. The second kappa shape index (κ2) is 5.73.